The summed E-state index contributed by atoms with van der Waals surface area (Å²) in [7, 11) is 0. The quantitative estimate of drug-likeness (QED) is 0.878. The maximum absolute atomic E-state index is 11.9. The molecule has 1 aromatic rings. The van der Waals surface area contributed by atoms with Crippen LogP contribution in [0.3, 0.4) is 0 Å². The first-order chi connectivity index (χ1) is 8.49. The SMILES string of the molecule is CCC(C)[C@H](N)C(=O)Nc1cc(C#N)ccc1Cl. The third-order valence-corrected chi connectivity index (χ3v) is 3.24. The van der Waals surface area contributed by atoms with Crippen molar-refractivity contribution in [3.63, 3.8) is 0 Å². The number of hydrogen-bond donors (Lipinski definition) is 2. The molecule has 0 saturated heterocycles. The van der Waals surface area contributed by atoms with E-state index in [1.54, 1.807) is 12.1 Å². The molecule has 3 N–H and O–H groups in total. The van der Waals surface area contributed by atoms with E-state index in [2.05, 4.69) is 5.32 Å². The number of rotatable bonds is 4. The molecule has 1 aromatic carbocycles. The van der Waals surface area contributed by atoms with Gasteiger partial charge in [-0.05, 0) is 24.1 Å². The van der Waals surface area contributed by atoms with Crippen molar-refractivity contribution in [2.75, 3.05) is 5.32 Å². The predicted molar refractivity (Wildman–Crippen MR) is 72.2 cm³/mol. The number of carbonyl (C=O) groups is 1. The van der Waals surface area contributed by atoms with Crippen molar-refractivity contribution in [2.45, 2.75) is 26.3 Å². The molecule has 0 aliphatic heterocycles. The highest BCUT2D eigenvalue weighted by Crippen LogP contribution is 2.23. The molecule has 96 valence electrons. The Bertz CT molecular complexity index is 482. The summed E-state index contributed by atoms with van der Waals surface area (Å²) in [4.78, 5) is 11.9. The Labute approximate surface area is 112 Å². The van der Waals surface area contributed by atoms with E-state index in [1.807, 2.05) is 19.9 Å². The minimum Gasteiger partial charge on any atom is -0.323 e. The number of nitrogens with two attached hydrogens (primary N) is 1. The van der Waals surface area contributed by atoms with Crippen LogP contribution in [-0.2, 0) is 4.79 Å². The maximum Gasteiger partial charge on any atom is 0.241 e. The van der Waals surface area contributed by atoms with Crippen LogP contribution in [0, 0.1) is 17.2 Å². The first kappa shape index (κ1) is 14.5. The van der Waals surface area contributed by atoms with Gasteiger partial charge >= 0.3 is 0 Å². The van der Waals surface area contributed by atoms with Crippen LogP contribution in [0.2, 0.25) is 5.02 Å². The zero-order valence-electron chi connectivity index (χ0n) is 10.4. The molecule has 0 aliphatic carbocycles. The Balaban J connectivity index is 2.85. The summed E-state index contributed by atoms with van der Waals surface area (Å²) in [6, 6.07) is 6.10. The second kappa shape index (κ2) is 6.39. The lowest BCUT2D eigenvalue weighted by Gasteiger charge is -2.18. The lowest BCUT2D eigenvalue weighted by molar-refractivity contribution is -0.118. The standard InChI is InChI=1S/C13H16ClN3O/c1-3-8(2)12(16)13(18)17-11-6-9(7-15)4-5-10(11)14/h4-6,8,12H,3,16H2,1-2H3,(H,17,18)/t8?,12-/m0/s1. The monoisotopic (exact) mass is 265 g/mol. The van der Waals surface area contributed by atoms with E-state index < -0.39 is 6.04 Å². The number of benzene rings is 1. The minimum absolute atomic E-state index is 0.0860. The summed E-state index contributed by atoms with van der Waals surface area (Å²) in [6.45, 7) is 3.89. The van der Waals surface area contributed by atoms with Gasteiger partial charge < -0.3 is 11.1 Å². The average Bonchev–Trinajstić information content (AvgIpc) is 2.39. The molecule has 0 bridgehead atoms. The Kier molecular flexibility index (Phi) is 5.14. The van der Waals surface area contributed by atoms with Crippen molar-refractivity contribution in [3.8, 4) is 6.07 Å². The van der Waals surface area contributed by atoms with E-state index in [4.69, 9.17) is 22.6 Å². The van der Waals surface area contributed by atoms with Crippen LogP contribution in [-0.4, -0.2) is 11.9 Å². The molecule has 5 heteroatoms. The molecule has 1 amide bonds. The van der Waals surface area contributed by atoms with Crippen LogP contribution < -0.4 is 11.1 Å². The van der Waals surface area contributed by atoms with Gasteiger partial charge in [-0.1, -0.05) is 31.9 Å². The molecule has 1 unspecified atom stereocenters. The van der Waals surface area contributed by atoms with Crippen molar-refractivity contribution < 1.29 is 4.79 Å². The number of nitriles is 1. The smallest absolute Gasteiger partial charge is 0.241 e. The fourth-order valence-electron chi connectivity index (χ4n) is 1.42. The lowest BCUT2D eigenvalue weighted by Crippen LogP contribution is -2.40. The Morgan fingerprint density at radius 1 is 1.61 bits per heavy atom. The lowest BCUT2D eigenvalue weighted by atomic mass is 9.99. The molecule has 1 rings (SSSR count). The number of carbonyl (C=O) groups excluding carboxylic acids is 1. The highest BCUT2D eigenvalue weighted by Gasteiger charge is 2.20. The highest BCUT2D eigenvalue weighted by atomic mass is 35.5. The van der Waals surface area contributed by atoms with Gasteiger partial charge in [0, 0.05) is 0 Å². The molecule has 4 nitrogen and oxygen atoms in total. The van der Waals surface area contributed by atoms with Gasteiger partial charge in [0.25, 0.3) is 0 Å². The molecule has 0 fully saturated rings. The van der Waals surface area contributed by atoms with Crippen LogP contribution in [0.25, 0.3) is 0 Å². The van der Waals surface area contributed by atoms with E-state index in [-0.39, 0.29) is 11.8 Å². The second-order valence-corrected chi connectivity index (χ2v) is 4.61. The highest BCUT2D eigenvalue weighted by molar-refractivity contribution is 6.33. The van der Waals surface area contributed by atoms with Crippen LogP contribution in [0.5, 0.6) is 0 Å². The summed E-state index contributed by atoms with van der Waals surface area (Å²) < 4.78 is 0. The van der Waals surface area contributed by atoms with E-state index in [9.17, 15) is 4.79 Å². The van der Waals surface area contributed by atoms with Crippen molar-refractivity contribution in [1.82, 2.24) is 0 Å². The summed E-state index contributed by atoms with van der Waals surface area (Å²) in [6.07, 6.45) is 0.820. The summed E-state index contributed by atoms with van der Waals surface area (Å²) in [5.41, 5.74) is 6.67. The van der Waals surface area contributed by atoms with Gasteiger partial charge in [-0.15, -0.1) is 0 Å². The normalized spacial score (nSPS) is 13.5. The molecular weight excluding hydrogens is 250 g/mol. The summed E-state index contributed by atoms with van der Waals surface area (Å²) in [5, 5.41) is 11.8. The Morgan fingerprint density at radius 2 is 2.28 bits per heavy atom. The van der Waals surface area contributed by atoms with Gasteiger partial charge in [-0.3, -0.25) is 4.79 Å². The average molecular weight is 266 g/mol. The number of halogens is 1. The second-order valence-electron chi connectivity index (χ2n) is 4.21. The first-order valence-corrected chi connectivity index (χ1v) is 6.13. The van der Waals surface area contributed by atoms with Crippen molar-refractivity contribution in [2.24, 2.45) is 11.7 Å². The molecule has 0 aliphatic rings. The van der Waals surface area contributed by atoms with Gasteiger partial charge in [-0.25, -0.2) is 0 Å². The minimum atomic E-state index is -0.586. The van der Waals surface area contributed by atoms with Crippen LogP contribution in [0.15, 0.2) is 18.2 Å². The number of nitrogens with zero attached hydrogens (tertiary/aromatic N) is 1. The number of nitrogens with one attached hydrogen (secondary N) is 1. The maximum atomic E-state index is 11.9. The van der Waals surface area contributed by atoms with Crippen molar-refractivity contribution >= 4 is 23.2 Å². The van der Waals surface area contributed by atoms with Crippen LogP contribution >= 0.6 is 11.6 Å². The number of anilines is 1. The fourth-order valence-corrected chi connectivity index (χ4v) is 1.58. The van der Waals surface area contributed by atoms with E-state index in [0.717, 1.165) is 6.42 Å². The molecule has 0 saturated carbocycles. The van der Waals surface area contributed by atoms with Gasteiger partial charge in [0.15, 0.2) is 0 Å². The largest absolute Gasteiger partial charge is 0.323 e. The van der Waals surface area contributed by atoms with Crippen molar-refractivity contribution in [3.05, 3.63) is 28.8 Å². The van der Waals surface area contributed by atoms with E-state index in [1.165, 1.54) is 6.07 Å². The number of amides is 1. The first-order valence-electron chi connectivity index (χ1n) is 5.75. The van der Waals surface area contributed by atoms with Gasteiger partial charge in [0.1, 0.15) is 0 Å². The Hall–Kier alpha value is -1.57. The zero-order chi connectivity index (χ0) is 13.7. The molecule has 18 heavy (non-hydrogen) atoms. The van der Waals surface area contributed by atoms with Gasteiger partial charge in [0.2, 0.25) is 5.91 Å². The van der Waals surface area contributed by atoms with E-state index >= 15 is 0 Å². The zero-order valence-corrected chi connectivity index (χ0v) is 11.2. The molecule has 0 spiro atoms. The third kappa shape index (κ3) is 3.46. The van der Waals surface area contributed by atoms with Gasteiger partial charge in [0.05, 0.1) is 28.4 Å². The summed E-state index contributed by atoms with van der Waals surface area (Å²) >= 11 is 5.95. The topological polar surface area (TPSA) is 78.9 Å². The molecule has 0 heterocycles. The Morgan fingerprint density at radius 3 is 2.83 bits per heavy atom. The molecular formula is C13H16ClN3O. The van der Waals surface area contributed by atoms with Crippen LogP contribution in [0.1, 0.15) is 25.8 Å². The number of hydrogen-bond acceptors (Lipinski definition) is 3. The van der Waals surface area contributed by atoms with E-state index in [0.29, 0.717) is 16.3 Å². The predicted octanol–water partition coefficient (Wildman–Crippen LogP) is 2.52. The third-order valence-electron chi connectivity index (χ3n) is 2.91. The van der Waals surface area contributed by atoms with Crippen LogP contribution in [0.4, 0.5) is 5.69 Å². The molecule has 0 aromatic heterocycles. The molecule has 2 atom stereocenters. The fraction of sp³-hybridized carbons (Fsp3) is 0.385. The van der Waals surface area contributed by atoms with Gasteiger partial charge in [-0.2, -0.15) is 5.26 Å². The van der Waals surface area contributed by atoms with Crippen molar-refractivity contribution in [1.29, 1.82) is 5.26 Å². The summed E-state index contributed by atoms with van der Waals surface area (Å²) in [5.74, 6) is -0.204. The molecule has 0 radical (unpaired) electrons.